The largest absolute Gasteiger partial charge is 0.0602 e. The minimum atomic E-state index is 0.503. The fourth-order valence-corrected chi connectivity index (χ4v) is 4.83. The molecule has 17 heavy (non-hydrogen) atoms. The monoisotopic (exact) mass is 236 g/mol. The van der Waals surface area contributed by atoms with E-state index in [1.165, 1.54) is 51.4 Å². The van der Waals surface area contributed by atoms with E-state index in [2.05, 4.69) is 34.6 Å². The lowest BCUT2D eigenvalue weighted by molar-refractivity contribution is -0.0859. The van der Waals surface area contributed by atoms with Gasteiger partial charge in [-0.3, -0.25) is 0 Å². The highest BCUT2D eigenvalue weighted by Crippen LogP contribution is 2.62. The molecule has 100 valence electrons. The van der Waals surface area contributed by atoms with Crippen molar-refractivity contribution >= 4 is 0 Å². The van der Waals surface area contributed by atoms with Crippen LogP contribution in [-0.4, -0.2) is 0 Å². The molecule has 0 aromatic carbocycles. The standard InChI is InChI=1S/C17H32/c1-15(2,3)13-14-9-8-11-16(4)10-6-7-12-17(14,16)5/h14H,6-13H2,1-5H3/t14?,16-,17+/m1/s1. The molecule has 2 rings (SSSR count). The molecule has 0 aliphatic heterocycles. The normalized spacial score (nSPS) is 43.2. The first-order valence-corrected chi connectivity index (χ1v) is 7.77. The highest BCUT2D eigenvalue weighted by molar-refractivity contribution is 5.02. The lowest BCUT2D eigenvalue weighted by atomic mass is 9.46. The van der Waals surface area contributed by atoms with E-state index in [-0.39, 0.29) is 0 Å². The molecule has 3 atom stereocenters. The maximum absolute atomic E-state index is 2.63. The van der Waals surface area contributed by atoms with Crippen LogP contribution in [-0.2, 0) is 0 Å². The summed E-state index contributed by atoms with van der Waals surface area (Å²) in [5.74, 6) is 0.974. The Balaban J connectivity index is 2.21. The zero-order valence-electron chi connectivity index (χ0n) is 12.7. The molecule has 2 fully saturated rings. The molecule has 0 nitrogen and oxygen atoms in total. The first-order chi connectivity index (χ1) is 7.77. The molecule has 0 radical (unpaired) electrons. The van der Waals surface area contributed by atoms with Crippen molar-refractivity contribution in [3.63, 3.8) is 0 Å². The zero-order chi connectivity index (χ0) is 12.7. The van der Waals surface area contributed by atoms with E-state index in [1.807, 2.05) is 0 Å². The summed E-state index contributed by atoms with van der Waals surface area (Å²) in [6.07, 6.45) is 11.8. The van der Waals surface area contributed by atoms with Gasteiger partial charge in [0.25, 0.3) is 0 Å². The van der Waals surface area contributed by atoms with Crippen LogP contribution in [0, 0.1) is 22.2 Å². The van der Waals surface area contributed by atoms with Crippen molar-refractivity contribution in [1.82, 2.24) is 0 Å². The topological polar surface area (TPSA) is 0 Å². The van der Waals surface area contributed by atoms with Gasteiger partial charge in [-0.25, -0.2) is 0 Å². The Labute approximate surface area is 109 Å². The van der Waals surface area contributed by atoms with Crippen molar-refractivity contribution in [1.29, 1.82) is 0 Å². The van der Waals surface area contributed by atoms with Crippen LogP contribution in [0.25, 0.3) is 0 Å². The van der Waals surface area contributed by atoms with Gasteiger partial charge in [-0.15, -0.1) is 0 Å². The summed E-state index contributed by atoms with van der Waals surface area (Å²) in [4.78, 5) is 0. The lowest BCUT2D eigenvalue weighted by Gasteiger charge is -2.59. The molecule has 0 N–H and O–H groups in total. The highest BCUT2D eigenvalue weighted by atomic mass is 14.6. The average Bonchev–Trinajstić information content (AvgIpc) is 2.18. The van der Waals surface area contributed by atoms with Crippen LogP contribution in [0.4, 0.5) is 0 Å². The zero-order valence-corrected chi connectivity index (χ0v) is 12.7. The summed E-state index contributed by atoms with van der Waals surface area (Å²) in [7, 11) is 0. The van der Waals surface area contributed by atoms with Crippen LogP contribution in [0.1, 0.15) is 86.0 Å². The van der Waals surface area contributed by atoms with Gasteiger partial charge in [0.2, 0.25) is 0 Å². The molecule has 0 spiro atoms. The van der Waals surface area contributed by atoms with Gasteiger partial charge >= 0.3 is 0 Å². The molecule has 0 bridgehead atoms. The number of hydrogen-bond donors (Lipinski definition) is 0. The Morgan fingerprint density at radius 3 is 2.18 bits per heavy atom. The first kappa shape index (κ1) is 13.4. The molecular weight excluding hydrogens is 204 g/mol. The van der Waals surface area contributed by atoms with E-state index in [0.29, 0.717) is 16.2 Å². The summed E-state index contributed by atoms with van der Waals surface area (Å²) < 4.78 is 0. The van der Waals surface area contributed by atoms with Crippen molar-refractivity contribution in [2.75, 3.05) is 0 Å². The van der Waals surface area contributed by atoms with E-state index < -0.39 is 0 Å². The summed E-state index contributed by atoms with van der Waals surface area (Å²) in [6, 6.07) is 0. The third-order valence-corrected chi connectivity index (χ3v) is 6.09. The second-order valence-electron chi connectivity index (χ2n) is 8.54. The van der Waals surface area contributed by atoms with Crippen molar-refractivity contribution in [2.45, 2.75) is 86.0 Å². The second kappa shape index (κ2) is 4.28. The second-order valence-corrected chi connectivity index (χ2v) is 8.54. The van der Waals surface area contributed by atoms with Gasteiger partial charge in [0.1, 0.15) is 0 Å². The molecule has 2 aliphatic carbocycles. The number of fused-ring (bicyclic) bond motifs is 1. The van der Waals surface area contributed by atoms with Crippen LogP contribution in [0.2, 0.25) is 0 Å². The fraction of sp³-hybridized carbons (Fsp3) is 1.00. The molecule has 1 unspecified atom stereocenters. The molecule has 0 heteroatoms. The highest BCUT2D eigenvalue weighted by Gasteiger charge is 2.52. The molecule has 0 saturated heterocycles. The molecule has 0 aromatic rings. The van der Waals surface area contributed by atoms with Gasteiger partial charge in [0, 0.05) is 0 Å². The number of rotatable bonds is 1. The van der Waals surface area contributed by atoms with Crippen molar-refractivity contribution in [3.8, 4) is 0 Å². The summed E-state index contributed by atoms with van der Waals surface area (Å²) in [5, 5.41) is 0. The third-order valence-electron chi connectivity index (χ3n) is 6.09. The van der Waals surface area contributed by atoms with Gasteiger partial charge < -0.3 is 0 Å². The predicted molar refractivity (Wildman–Crippen MR) is 76.1 cm³/mol. The van der Waals surface area contributed by atoms with Gasteiger partial charge in [-0.05, 0) is 54.3 Å². The van der Waals surface area contributed by atoms with Crippen molar-refractivity contribution in [3.05, 3.63) is 0 Å². The van der Waals surface area contributed by atoms with Crippen molar-refractivity contribution in [2.24, 2.45) is 22.2 Å². The minimum Gasteiger partial charge on any atom is -0.0602 e. The van der Waals surface area contributed by atoms with Crippen LogP contribution in [0.5, 0.6) is 0 Å². The fourth-order valence-electron chi connectivity index (χ4n) is 4.83. The molecule has 2 saturated carbocycles. The van der Waals surface area contributed by atoms with Gasteiger partial charge in [0.15, 0.2) is 0 Å². The summed E-state index contributed by atoms with van der Waals surface area (Å²) >= 11 is 0. The van der Waals surface area contributed by atoms with Gasteiger partial charge in [-0.2, -0.15) is 0 Å². The van der Waals surface area contributed by atoms with Crippen LogP contribution in [0.3, 0.4) is 0 Å². The van der Waals surface area contributed by atoms with E-state index in [0.717, 1.165) is 5.92 Å². The Bertz CT molecular complexity index is 268. The summed E-state index contributed by atoms with van der Waals surface area (Å²) in [6.45, 7) is 12.5. The number of hydrogen-bond acceptors (Lipinski definition) is 0. The Kier molecular flexibility index (Phi) is 3.38. The average molecular weight is 236 g/mol. The van der Waals surface area contributed by atoms with E-state index in [4.69, 9.17) is 0 Å². The molecule has 2 aliphatic rings. The van der Waals surface area contributed by atoms with E-state index in [1.54, 1.807) is 0 Å². The van der Waals surface area contributed by atoms with Gasteiger partial charge in [-0.1, -0.05) is 53.9 Å². The SMILES string of the molecule is CC(C)(C)CC1CCC[C@@]2(C)CCCC[C@@]12C. The predicted octanol–water partition coefficient (Wildman–Crippen LogP) is 5.81. The van der Waals surface area contributed by atoms with E-state index >= 15 is 0 Å². The smallest absolute Gasteiger partial charge is 0.0243 e. The molecular formula is C17H32. The quantitative estimate of drug-likeness (QED) is 0.539. The summed E-state index contributed by atoms with van der Waals surface area (Å²) in [5.41, 5.74) is 1.79. The Hall–Kier alpha value is 0. The molecule has 0 amide bonds. The third kappa shape index (κ3) is 2.42. The van der Waals surface area contributed by atoms with Crippen LogP contribution >= 0.6 is 0 Å². The maximum Gasteiger partial charge on any atom is -0.0243 e. The van der Waals surface area contributed by atoms with Crippen LogP contribution in [0.15, 0.2) is 0 Å². The Morgan fingerprint density at radius 2 is 1.53 bits per heavy atom. The Morgan fingerprint density at radius 1 is 0.941 bits per heavy atom. The van der Waals surface area contributed by atoms with Crippen molar-refractivity contribution < 1.29 is 0 Å². The van der Waals surface area contributed by atoms with Gasteiger partial charge in [0.05, 0.1) is 0 Å². The maximum atomic E-state index is 2.63. The minimum absolute atomic E-state index is 0.503. The molecule has 0 heterocycles. The van der Waals surface area contributed by atoms with E-state index in [9.17, 15) is 0 Å². The molecule has 0 aromatic heterocycles. The van der Waals surface area contributed by atoms with Crippen LogP contribution < -0.4 is 0 Å². The first-order valence-electron chi connectivity index (χ1n) is 7.77. The lowest BCUT2D eigenvalue weighted by Crippen LogP contribution is -2.49.